The SMILES string of the molecule is CC(C)=CC1=C(NCCCCN(CCCNC(=O)OC(C)(C)C)Cc2ccccc2)C(=O)c2ccccc2C1=O. The summed E-state index contributed by atoms with van der Waals surface area (Å²) in [5.74, 6) is -0.251. The summed E-state index contributed by atoms with van der Waals surface area (Å²) in [5, 5.41) is 6.13. The van der Waals surface area contributed by atoms with Gasteiger partial charge in [0.15, 0.2) is 5.78 Å². The summed E-state index contributed by atoms with van der Waals surface area (Å²) < 4.78 is 5.32. The average Bonchev–Trinajstić information content (AvgIpc) is 2.90. The first kappa shape index (κ1) is 30.8. The number of amides is 1. The molecular formula is C33H43N3O4. The quantitative estimate of drug-likeness (QED) is 0.297. The summed E-state index contributed by atoms with van der Waals surface area (Å²) in [4.78, 5) is 40.7. The molecule has 1 aliphatic carbocycles. The van der Waals surface area contributed by atoms with Crippen molar-refractivity contribution in [1.29, 1.82) is 0 Å². The summed E-state index contributed by atoms with van der Waals surface area (Å²) in [6.07, 6.45) is 3.97. The Morgan fingerprint density at radius 1 is 0.850 bits per heavy atom. The second kappa shape index (κ2) is 14.6. The third-order valence-electron chi connectivity index (χ3n) is 6.36. The van der Waals surface area contributed by atoms with Crippen molar-refractivity contribution in [3.05, 3.63) is 94.2 Å². The molecule has 7 nitrogen and oxygen atoms in total. The van der Waals surface area contributed by atoms with E-state index in [-0.39, 0.29) is 11.6 Å². The standard InChI is InChI=1S/C33H43N3O4/c1-24(2)22-28-29(31(38)27-17-10-9-16-26(27)30(28)37)34-18-11-12-20-36(23-25-14-7-6-8-15-25)21-13-19-35-32(39)40-33(3,4)5/h6-10,14-17,22,34H,11-13,18-21,23H2,1-5H3,(H,35,39). The molecule has 0 saturated heterocycles. The Balaban J connectivity index is 1.55. The molecule has 0 fully saturated rings. The number of Topliss-reactive ketones (excluding diaryl/α,β-unsaturated/α-hetero) is 2. The fraction of sp³-hybridized carbons (Fsp3) is 0.424. The van der Waals surface area contributed by atoms with Crippen LogP contribution >= 0.6 is 0 Å². The molecule has 1 amide bonds. The van der Waals surface area contributed by atoms with E-state index in [1.807, 2.05) is 52.8 Å². The van der Waals surface area contributed by atoms with Gasteiger partial charge in [-0.1, -0.05) is 66.2 Å². The maximum atomic E-state index is 13.3. The largest absolute Gasteiger partial charge is 0.444 e. The van der Waals surface area contributed by atoms with Gasteiger partial charge >= 0.3 is 6.09 Å². The number of nitrogens with one attached hydrogen (secondary N) is 2. The van der Waals surface area contributed by atoms with Gasteiger partial charge in [0.2, 0.25) is 5.78 Å². The monoisotopic (exact) mass is 545 g/mol. The predicted molar refractivity (Wildman–Crippen MR) is 159 cm³/mol. The van der Waals surface area contributed by atoms with Crippen molar-refractivity contribution >= 4 is 17.7 Å². The molecule has 0 spiro atoms. The summed E-state index contributed by atoms with van der Waals surface area (Å²) >= 11 is 0. The molecule has 0 atom stereocenters. The fourth-order valence-electron chi connectivity index (χ4n) is 4.59. The average molecular weight is 546 g/mol. The van der Waals surface area contributed by atoms with E-state index in [0.717, 1.165) is 44.5 Å². The van der Waals surface area contributed by atoms with E-state index in [1.54, 1.807) is 30.3 Å². The Morgan fingerprint density at radius 3 is 2.12 bits per heavy atom. The van der Waals surface area contributed by atoms with Crippen LogP contribution in [0.25, 0.3) is 0 Å². The zero-order chi connectivity index (χ0) is 29.1. The summed E-state index contributed by atoms with van der Waals surface area (Å²) in [5.41, 5.74) is 3.43. The van der Waals surface area contributed by atoms with Crippen molar-refractivity contribution in [3.63, 3.8) is 0 Å². The van der Waals surface area contributed by atoms with E-state index in [0.29, 0.717) is 35.5 Å². The lowest BCUT2D eigenvalue weighted by Crippen LogP contribution is -2.34. The molecule has 0 bridgehead atoms. The van der Waals surface area contributed by atoms with E-state index in [4.69, 9.17) is 4.74 Å². The molecule has 0 radical (unpaired) electrons. The molecule has 40 heavy (non-hydrogen) atoms. The van der Waals surface area contributed by atoms with Crippen LogP contribution in [-0.2, 0) is 11.3 Å². The van der Waals surface area contributed by atoms with Crippen LogP contribution in [0.5, 0.6) is 0 Å². The van der Waals surface area contributed by atoms with Gasteiger partial charge in [-0.3, -0.25) is 14.5 Å². The van der Waals surface area contributed by atoms with Gasteiger partial charge in [0.25, 0.3) is 0 Å². The van der Waals surface area contributed by atoms with Crippen LogP contribution in [0.1, 0.15) is 80.2 Å². The van der Waals surface area contributed by atoms with E-state index >= 15 is 0 Å². The molecule has 0 saturated carbocycles. The van der Waals surface area contributed by atoms with Crippen molar-refractivity contribution in [2.45, 2.75) is 66.0 Å². The highest BCUT2D eigenvalue weighted by atomic mass is 16.6. The van der Waals surface area contributed by atoms with Gasteiger partial charge in [-0.05, 0) is 66.0 Å². The third-order valence-corrected chi connectivity index (χ3v) is 6.36. The highest BCUT2D eigenvalue weighted by Crippen LogP contribution is 2.26. The van der Waals surface area contributed by atoms with Crippen LogP contribution in [0.15, 0.2) is 77.5 Å². The molecule has 1 aliphatic rings. The number of alkyl carbamates (subject to hydrolysis) is 1. The number of allylic oxidation sites excluding steroid dienone is 4. The molecule has 0 aromatic heterocycles. The van der Waals surface area contributed by atoms with E-state index in [1.165, 1.54) is 5.56 Å². The van der Waals surface area contributed by atoms with Crippen LogP contribution in [0, 0.1) is 0 Å². The smallest absolute Gasteiger partial charge is 0.407 e. The number of ether oxygens (including phenoxy) is 1. The Hall–Kier alpha value is -3.71. The van der Waals surface area contributed by atoms with Crippen LogP contribution in [0.4, 0.5) is 4.79 Å². The van der Waals surface area contributed by atoms with Crippen LogP contribution in [0.3, 0.4) is 0 Å². The molecule has 2 N–H and O–H groups in total. The van der Waals surface area contributed by atoms with Crippen molar-refractivity contribution in [2.24, 2.45) is 0 Å². The van der Waals surface area contributed by atoms with Crippen molar-refractivity contribution in [2.75, 3.05) is 26.2 Å². The minimum absolute atomic E-state index is 0.118. The number of hydrogen-bond donors (Lipinski definition) is 2. The third kappa shape index (κ3) is 9.49. The molecule has 2 aromatic rings. The topological polar surface area (TPSA) is 87.7 Å². The first-order chi connectivity index (χ1) is 19.0. The second-order valence-electron chi connectivity index (χ2n) is 11.4. The zero-order valence-electron chi connectivity index (χ0n) is 24.5. The van der Waals surface area contributed by atoms with Crippen molar-refractivity contribution < 1.29 is 19.1 Å². The number of ketones is 2. The van der Waals surface area contributed by atoms with Crippen LogP contribution < -0.4 is 10.6 Å². The van der Waals surface area contributed by atoms with Crippen LogP contribution in [-0.4, -0.2) is 54.3 Å². The maximum Gasteiger partial charge on any atom is 0.407 e. The number of fused-ring (bicyclic) bond motifs is 1. The molecule has 0 unspecified atom stereocenters. The van der Waals surface area contributed by atoms with Crippen molar-refractivity contribution in [1.82, 2.24) is 15.5 Å². The van der Waals surface area contributed by atoms with Gasteiger partial charge in [0.05, 0.1) is 5.70 Å². The number of rotatable bonds is 13. The summed E-state index contributed by atoms with van der Waals surface area (Å²) in [7, 11) is 0. The van der Waals surface area contributed by atoms with Gasteiger partial charge in [-0.25, -0.2) is 4.79 Å². The van der Waals surface area contributed by atoms with Gasteiger partial charge < -0.3 is 15.4 Å². The molecule has 0 aliphatic heterocycles. The highest BCUT2D eigenvalue weighted by molar-refractivity contribution is 6.27. The Morgan fingerprint density at radius 2 is 1.48 bits per heavy atom. The highest BCUT2D eigenvalue weighted by Gasteiger charge is 2.30. The first-order valence-electron chi connectivity index (χ1n) is 14.1. The lowest BCUT2D eigenvalue weighted by molar-refractivity contribution is 0.0525. The first-order valence-corrected chi connectivity index (χ1v) is 14.1. The minimum atomic E-state index is -0.515. The lowest BCUT2D eigenvalue weighted by Gasteiger charge is -2.24. The molecule has 7 heteroatoms. The lowest BCUT2D eigenvalue weighted by atomic mass is 9.86. The number of nitrogens with zero attached hydrogens (tertiary/aromatic N) is 1. The normalized spacial score (nSPS) is 13.2. The van der Waals surface area contributed by atoms with E-state index < -0.39 is 11.7 Å². The van der Waals surface area contributed by atoms with E-state index in [9.17, 15) is 14.4 Å². The molecule has 0 heterocycles. The van der Waals surface area contributed by atoms with Crippen LogP contribution in [0.2, 0.25) is 0 Å². The van der Waals surface area contributed by atoms with Gasteiger partial charge in [-0.15, -0.1) is 0 Å². The second-order valence-corrected chi connectivity index (χ2v) is 11.4. The number of benzene rings is 2. The number of carbonyl (C=O) groups is 3. The number of carbonyl (C=O) groups excluding carboxylic acids is 3. The maximum absolute atomic E-state index is 13.3. The fourth-order valence-corrected chi connectivity index (χ4v) is 4.59. The number of hydrogen-bond acceptors (Lipinski definition) is 6. The molecular weight excluding hydrogens is 502 g/mol. The Bertz CT molecular complexity index is 1240. The van der Waals surface area contributed by atoms with Gasteiger partial charge in [0, 0.05) is 42.9 Å². The van der Waals surface area contributed by atoms with E-state index in [2.05, 4.69) is 27.7 Å². The summed E-state index contributed by atoms with van der Waals surface area (Å²) in [6, 6.07) is 17.3. The Kier molecular flexibility index (Phi) is 11.3. The number of unbranched alkanes of at least 4 members (excludes halogenated alkanes) is 1. The molecule has 2 aromatic carbocycles. The van der Waals surface area contributed by atoms with Crippen molar-refractivity contribution in [3.8, 4) is 0 Å². The van der Waals surface area contributed by atoms with Gasteiger partial charge in [0.1, 0.15) is 5.60 Å². The zero-order valence-corrected chi connectivity index (χ0v) is 24.5. The molecule has 3 rings (SSSR count). The predicted octanol–water partition coefficient (Wildman–Crippen LogP) is 6.07. The minimum Gasteiger partial charge on any atom is -0.444 e. The Labute approximate surface area is 238 Å². The summed E-state index contributed by atoms with van der Waals surface area (Å²) in [6.45, 7) is 13.1. The molecule has 214 valence electrons. The van der Waals surface area contributed by atoms with Gasteiger partial charge in [-0.2, -0.15) is 0 Å².